The standard InChI is InChI=1S/C7H18N2O5/c1-9-2-3(10)4(11)5(12)6(13)7(8)14/h3-7,9-14H,2,8H2,1H3. The second-order valence-electron chi connectivity index (χ2n) is 3.09. The Bertz CT molecular complexity index is 157. The van der Waals surface area contributed by atoms with Gasteiger partial charge >= 0.3 is 0 Å². The molecule has 0 heterocycles. The zero-order valence-electron chi connectivity index (χ0n) is 7.91. The molecular formula is C7H18N2O5. The molecule has 0 aromatic heterocycles. The topological polar surface area (TPSA) is 139 Å². The minimum atomic E-state index is -1.70. The highest BCUT2D eigenvalue weighted by Crippen LogP contribution is 2.05. The van der Waals surface area contributed by atoms with E-state index in [1.54, 1.807) is 7.05 Å². The predicted molar refractivity (Wildman–Crippen MR) is 48.1 cm³/mol. The van der Waals surface area contributed by atoms with Crippen molar-refractivity contribution in [1.29, 1.82) is 0 Å². The van der Waals surface area contributed by atoms with Crippen LogP contribution < -0.4 is 11.1 Å². The SMILES string of the molecule is CNCC(O)C(O)C(O)C(O)C(N)O. The lowest BCUT2D eigenvalue weighted by Gasteiger charge is -2.27. The van der Waals surface area contributed by atoms with Crippen molar-refractivity contribution in [3.63, 3.8) is 0 Å². The lowest BCUT2D eigenvalue weighted by molar-refractivity contribution is -0.131. The molecule has 0 aromatic carbocycles. The van der Waals surface area contributed by atoms with E-state index in [0.29, 0.717) is 0 Å². The fourth-order valence-electron chi connectivity index (χ4n) is 0.962. The molecule has 14 heavy (non-hydrogen) atoms. The number of rotatable bonds is 6. The van der Waals surface area contributed by atoms with Crippen LogP contribution in [0.4, 0.5) is 0 Å². The van der Waals surface area contributed by atoms with Gasteiger partial charge in [-0.05, 0) is 7.05 Å². The minimum Gasteiger partial charge on any atom is -0.389 e. The molecule has 7 nitrogen and oxygen atoms in total. The Balaban J connectivity index is 4.15. The van der Waals surface area contributed by atoms with Gasteiger partial charge in [-0.3, -0.25) is 0 Å². The molecule has 0 fully saturated rings. The third kappa shape index (κ3) is 3.84. The number of aliphatic hydroxyl groups excluding tert-OH is 5. The van der Waals surface area contributed by atoms with Crippen molar-refractivity contribution in [2.45, 2.75) is 30.6 Å². The second-order valence-corrected chi connectivity index (χ2v) is 3.09. The van der Waals surface area contributed by atoms with Crippen LogP contribution in [0.3, 0.4) is 0 Å². The highest BCUT2D eigenvalue weighted by molar-refractivity contribution is 4.83. The van der Waals surface area contributed by atoms with Crippen molar-refractivity contribution in [1.82, 2.24) is 5.32 Å². The number of aliphatic hydroxyl groups is 5. The van der Waals surface area contributed by atoms with Gasteiger partial charge in [0.15, 0.2) is 0 Å². The van der Waals surface area contributed by atoms with Crippen molar-refractivity contribution in [3.05, 3.63) is 0 Å². The summed E-state index contributed by atoms with van der Waals surface area (Å²) in [7, 11) is 1.55. The van der Waals surface area contributed by atoms with Gasteiger partial charge in [0.1, 0.15) is 24.5 Å². The van der Waals surface area contributed by atoms with Gasteiger partial charge in [0.2, 0.25) is 0 Å². The van der Waals surface area contributed by atoms with Gasteiger partial charge in [0, 0.05) is 6.54 Å². The number of likely N-dealkylation sites (N-methyl/N-ethyl adjacent to an activating group) is 1. The summed E-state index contributed by atoms with van der Waals surface area (Å²) >= 11 is 0. The van der Waals surface area contributed by atoms with E-state index in [1.807, 2.05) is 0 Å². The Morgan fingerprint density at radius 3 is 1.86 bits per heavy atom. The van der Waals surface area contributed by atoms with Gasteiger partial charge < -0.3 is 36.6 Å². The molecule has 5 unspecified atom stereocenters. The van der Waals surface area contributed by atoms with E-state index in [-0.39, 0.29) is 6.54 Å². The predicted octanol–water partition coefficient (Wildman–Crippen LogP) is -4.07. The first-order valence-corrected chi connectivity index (χ1v) is 4.22. The Kier molecular flexibility index (Phi) is 6.12. The Morgan fingerprint density at radius 2 is 1.50 bits per heavy atom. The summed E-state index contributed by atoms with van der Waals surface area (Å²) < 4.78 is 0. The zero-order valence-corrected chi connectivity index (χ0v) is 7.91. The average Bonchev–Trinajstić information content (AvgIpc) is 2.14. The third-order valence-corrected chi connectivity index (χ3v) is 1.86. The van der Waals surface area contributed by atoms with Crippen LogP contribution in [0.5, 0.6) is 0 Å². The molecule has 5 atom stereocenters. The maximum absolute atomic E-state index is 9.27. The molecule has 0 aromatic rings. The molecule has 0 saturated carbocycles. The summed E-state index contributed by atoms with van der Waals surface area (Å²) in [5, 5.41) is 48.1. The van der Waals surface area contributed by atoms with Crippen LogP contribution in [-0.2, 0) is 0 Å². The molecular weight excluding hydrogens is 192 g/mol. The summed E-state index contributed by atoms with van der Waals surface area (Å²) in [5.41, 5.74) is 4.89. The van der Waals surface area contributed by atoms with Crippen LogP contribution in [0.1, 0.15) is 0 Å². The van der Waals surface area contributed by atoms with Crippen LogP contribution in [0.15, 0.2) is 0 Å². The first-order chi connectivity index (χ1) is 6.41. The van der Waals surface area contributed by atoms with Gasteiger partial charge in [-0.2, -0.15) is 0 Å². The van der Waals surface area contributed by atoms with E-state index in [9.17, 15) is 15.3 Å². The summed E-state index contributed by atoms with van der Waals surface area (Å²) in [4.78, 5) is 0. The molecule has 0 saturated heterocycles. The lowest BCUT2D eigenvalue weighted by Crippen LogP contribution is -2.53. The van der Waals surface area contributed by atoms with Crippen molar-refractivity contribution < 1.29 is 25.5 Å². The Labute approximate surface area is 81.8 Å². The fourth-order valence-corrected chi connectivity index (χ4v) is 0.962. The van der Waals surface area contributed by atoms with E-state index < -0.39 is 30.6 Å². The minimum absolute atomic E-state index is 0.0472. The zero-order chi connectivity index (χ0) is 11.3. The molecule has 0 aliphatic rings. The molecule has 0 amide bonds. The van der Waals surface area contributed by atoms with Crippen LogP contribution in [0, 0.1) is 0 Å². The molecule has 86 valence electrons. The summed E-state index contributed by atoms with van der Waals surface area (Å²) in [6.07, 6.45) is -7.88. The van der Waals surface area contributed by atoms with Gasteiger partial charge in [0.25, 0.3) is 0 Å². The van der Waals surface area contributed by atoms with Gasteiger partial charge in [-0.15, -0.1) is 0 Å². The van der Waals surface area contributed by atoms with Crippen molar-refractivity contribution in [3.8, 4) is 0 Å². The first kappa shape index (κ1) is 13.7. The monoisotopic (exact) mass is 210 g/mol. The smallest absolute Gasteiger partial charge is 0.131 e. The van der Waals surface area contributed by atoms with E-state index in [1.165, 1.54) is 0 Å². The third-order valence-electron chi connectivity index (χ3n) is 1.86. The molecule has 0 rings (SSSR count). The van der Waals surface area contributed by atoms with Crippen LogP contribution in [-0.4, -0.2) is 69.8 Å². The second kappa shape index (κ2) is 6.25. The molecule has 0 aliphatic heterocycles. The van der Waals surface area contributed by atoms with Crippen LogP contribution in [0.25, 0.3) is 0 Å². The molecule has 0 spiro atoms. The van der Waals surface area contributed by atoms with E-state index in [0.717, 1.165) is 0 Å². The van der Waals surface area contributed by atoms with E-state index in [2.05, 4.69) is 5.32 Å². The number of nitrogens with one attached hydrogen (secondary N) is 1. The normalized spacial score (nSPS) is 22.5. The number of nitrogens with two attached hydrogens (primary N) is 1. The van der Waals surface area contributed by atoms with Crippen LogP contribution >= 0.6 is 0 Å². The largest absolute Gasteiger partial charge is 0.389 e. The number of hydrogen-bond acceptors (Lipinski definition) is 7. The van der Waals surface area contributed by atoms with Gasteiger partial charge in [-0.1, -0.05) is 0 Å². The summed E-state index contributed by atoms with van der Waals surface area (Å²) in [6.45, 7) is 0.0472. The van der Waals surface area contributed by atoms with Gasteiger partial charge in [0.05, 0.1) is 6.10 Å². The van der Waals surface area contributed by atoms with Crippen molar-refractivity contribution >= 4 is 0 Å². The number of hydrogen-bond donors (Lipinski definition) is 7. The molecule has 0 aliphatic carbocycles. The molecule has 0 bridgehead atoms. The van der Waals surface area contributed by atoms with Crippen molar-refractivity contribution in [2.75, 3.05) is 13.6 Å². The molecule has 7 heteroatoms. The van der Waals surface area contributed by atoms with Crippen LogP contribution in [0.2, 0.25) is 0 Å². The molecule has 0 radical (unpaired) electrons. The maximum Gasteiger partial charge on any atom is 0.131 e. The summed E-state index contributed by atoms with van der Waals surface area (Å²) in [6, 6.07) is 0. The lowest BCUT2D eigenvalue weighted by atomic mass is 10.0. The molecule has 8 N–H and O–H groups in total. The van der Waals surface area contributed by atoms with Crippen molar-refractivity contribution in [2.24, 2.45) is 5.73 Å². The maximum atomic E-state index is 9.27. The Hall–Kier alpha value is -0.280. The highest BCUT2D eigenvalue weighted by Gasteiger charge is 2.32. The van der Waals surface area contributed by atoms with E-state index in [4.69, 9.17) is 15.9 Å². The van der Waals surface area contributed by atoms with E-state index >= 15 is 0 Å². The average molecular weight is 210 g/mol. The first-order valence-electron chi connectivity index (χ1n) is 4.22. The Morgan fingerprint density at radius 1 is 1.00 bits per heavy atom. The quantitative estimate of drug-likeness (QED) is 0.221. The fraction of sp³-hybridized carbons (Fsp3) is 1.00. The van der Waals surface area contributed by atoms with Gasteiger partial charge in [-0.25, -0.2) is 0 Å². The summed E-state index contributed by atoms with van der Waals surface area (Å²) in [5.74, 6) is 0. The highest BCUT2D eigenvalue weighted by atomic mass is 16.4.